The zero-order valence-corrected chi connectivity index (χ0v) is 14.9. The minimum absolute atomic E-state index is 0.0312. The lowest BCUT2D eigenvalue weighted by molar-refractivity contribution is -0.121. The van der Waals surface area contributed by atoms with Crippen molar-refractivity contribution in [2.75, 3.05) is 0 Å². The molecule has 142 valence electrons. The topological polar surface area (TPSA) is 91.8 Å². The van der Waals surface area contributed by atoms with Crippen molar-refractivity contribution in [1.82, 2.24) is 15.5 Å². The van der Waals surface area contributed by atoms with Gasteiger partial charge in [-0.1, -0.05) is 41.1 Å². The van der Waals surface area contributed by atoms with Crippen molar-refractivity contribution in [3.05, 3.63) is 71.1 Å². The Bertz CT molecular complexity index is 1030. The van der Waals surface area contributed by atoms with Gasteiger partial charge in [0.1, 0.15) is 17.7 Å². The van der Waals surface area contributed by atoms with E-state index in [4.69, 9.17) is 4.52 Å². The fourth-order valence-corrected chi connectivity index (χ4v) is 2.55. The summed E-state index contributed by atoms with van der Waals surface area (Å²) in [5, 5.41) is 15.5. The smallest absolute Gasteiger partial charge is 0.227 e. The molecule has 0 aliphatic carbocycles. The SMILES string of the molecule is Cc1ccc(-c2noc(CCC(=O)NC(C#N)c3ccc(F)cc3F)n2)cc1. The van der Waals surface area contributed by atoms with Crippen LogP contribution in [0.4, 0.5) is 8.78 Å². The van der Waals surface area contributed by atoms with Gasteiger partial charge in [0.05, 0.1) is 6.07 Å². The van der Waals surface area contributed by atoms with Crippen LogP contribution in [0.3, 0.4) is 0 Å². The van der Waals surface area contributed by atoms with Crippen LogP contribution in [0.5, 0.6) is 0 Å². The number of halogens is 2. The second kappa shape index (κ2) is 8.39. The molecule has 1 atom stereocenters. The predicted molar refractivity (Wildman–Crippen MR) is 95.6 cm³/mol. The molecule has 1 heterocycles. The quantitative estimate of drug-likeness (QED) is 0.703. The summed E-state index contributed by atoms with van der Waals surface area (Å²) in [6, 6.07) is 11.0. The van der Waals surface area contributed by atoms with Crippen LogP contribution in [-0.2, 0) is 11.2 Å². The highest BCUT2D eigenvalue weighted by Crippen LogP contribution is 2.19. The number of benzene rings is 2. The molecule has 28 heavy (non-hydrogen) atoms. The standard InChI is InChI=1S/C20H16F2N4O2/c1-12-2-4-13(5-3-12)20-25-19(28-26-20)9-8-18(27)24-17(11-23)15-7-6-14(21)10-16(15)22/h2-7,10,17H,8-9H2,1H3,(H,24,27). The van der Waals surface area contributed by atoms with Gasteiger partial charge in [0.15, 0.2) is 0 Å². The number of amides is 1. The molecular formula is C20H16F2N4O2. The van der Waals surface area contributed by atoms with E-state index in [0.29, 0.717) is 11.9 Å². The van der Waals surface area contributed by atoms with Crippen LogP contribution in [0, 0.1) is 29.9 Å². The molecule has 1 N–H and O–H groups in total. The van der Waals surface area contributed by atoms with E-state index < -0.39 is 23.6 Å². The largest absolute Gasteiger partial charge is 0.339 e. The minimum Gasteiger partial charge on any atom is -0.339 e. The number of hydrogen-bond donors (Lipinski definition) is 1. The Balaban J connectivity index is 1.59. The monoisotopic (exact) mass is 382 g/mol. The summed E-state index contributed by atoms with van der Waals surface area (Å²) in [6.45, 7) is 1.97. The zero-order valence-electron chi connectivity index (χ0n) is 14.9. The molecule has 6 nitrogen and oxygen atoms in total. The Kier molecular flexibility index (Phi) is 5.75. The van der Waals surface area contributed by atoms with Gasteiger partial charge in [0.2, 0.25) is 17.6 Å². The third kappa shape index (κ3) is 4.57. The molecule has 0 bridgehead atoms. The van der Waals surface area contributed by atoms with Crippen molar-refractivity contribution in [1.29, 1.82) is 5.26 Å². The molecule has 1 amide bonds. The van der Waals surface area contributed by atoms with Crippen LogP contribution in [0.25, 0.3) is 11.4 Å². The number of nitrogens with zero attached hydrogens (tertiary/aromatic N) is 3. The molecule has 0 aliphatic heterocycles. The summed E-state index contributed by atoms with van der Waals surface area (Å²) in [4.78, 5) is 16.3. The molecule has 3 rings (SSSR count). The molecule has 0 saturated heterocycles. The van der Waals surface area contributed by atoms with Gasteiger partial charge in [0.25, 0.3) is 0 Å². The van der Waals surface area contributed by atoms with Gasteiger partial charge >= 0.3 is 0 Å². The summed E-state index contributed by atoms with van der Waals surface area (Å²) >= 11 is 0. The van der Waals surface area contributed by atoms with E-state index in [9.17, 15) is 18.8 Å². The number of rotatable bonds is 6. The van der Waals surface area contributed by atoms with Gasteiger partial charge < -0.3 is 9.84 Å². The minimum atomic E-state index is -1.22. The molecule has 8 heteroatoms. The van der Waals surface area contributed by atoms with Gasteiger partial charge in [-0.3, -0.25) is 4.79 Å². The average Bonchev–Trinajstić information content (AvgIpc) is 3.14. The number of carbonyl (C=O) groups is 1. The Morgan fingerprint density at radius 2 is 2.00 bits per heavy atom. The molecule has 1 aromatic heterocycles. The lowest BCUT2D eigenvalue weighted by Gasteiger charge is -2.12. The van der Waals surface area contributed by atoms with Crippen molar-refractivity contribution in [3.8, 4) is 17.5 Å². The fourth-order valence-electron chi connectivity index (χ4n) is 2.55. The number of nitrogens with one attached hydrogen (secondary N) is 1. The Morgan fingerprint density at radius 1 is 1.25 bits per heavy atom. The lowest BCUT2D eigenvalue weighted by Crippen LogP contribution is -2.28. The van der Waals surface area contributed by atoms with E-state index in [0.717, 1.165) is 23.3 Å². The van der Waals surface area contributed by atoms with Gasteiger partial charge in [-0.05, 0) is 13.0 Å². The van der Waals surface area contributed by atoms with E-state index in [1.54, 1.807) is 6.07 Å². The number of aromatic nitrogens is 2. The average molecular weight is 382 g/mol. The molecule has 2 aromatic carbocycles. The lowest BCUT2D eigenvalue weighted by atomic mass is 10.1. The Labute approximate surface area is 159 Å². The number of aryl methyl sites for hydroxylation is 2. The van der Waals surface area contributed by atoms with Gasteiger partial charge in [-0.25, -0.2) is 8.78 Å². The Hall–Kier alpha value is -3.60. The summed E-state index contributed by atoms with van der Waals surface area (Å²) in [7, 11) is 0. The summed E-state index contributed by atoms with van der Waals surface area (Å²) in [5.41, 5.74) is 1.80. The second-order valence-electron chi connectivity index (χ2n) is 6.17. The van der Waals surface area contributed by atoms with Crippen LogP contribution < -0.4 is 5.32 Å². The van der Waals surface area contributed by atoms with Crippen LogP contribution in [0.1, 0.15) is 29.5 Å². The highest BCUT2D eigenvalue weighted by molar-refractivity contribution is 5.77. The first-order chi connectivity index (χ1) is 13.5. The normalized spacial score (nSPS) is 11.6. The van der Waals surface area contributed by atoms with Crippen molar-refractivity contribution in [3.63, 3.8) is 0 Å². The van der Waals surface area contributed by atoms with Crippen LogP contribution in [0.2, 0.25) is 0 Å². The van der Waals surface area contributed by atoms with E-state index in [-0.39, 0.29) is 24.3 Å². The highest BCUT2D eigenvalue weighted by Gasteiger charge is 2.19. The Morgan fingerprint density at radius 3 is 2.68 bits per heavy atom. The summed E-state index contributed by atoms with van der Waals surface area (Å²) in [6.07, 6.45) is 0.130. The molecular weight excluding hydrogens is 366 g/mol. The van der Waals surface area contributed by atoms with Crippen LogP contribution in [-0.4, -0.2) is 16.0 Å². The van der Waals surface area contributed by atoms with Crippen molar-refractivity contribution in [2.24, 2.45) is 0 Å². The maximum absolute atomic E-state index is 13.8. The van der Waals surface area contributed by atoms with Crippen molar-refractivity contribution >= 4 is 5.91 Å². The van der Waals surface area contributed by atoms with Crippen molar-refractivity contribution in [2.45, 2.75) is 25.8 Å². The molecule has 0 fully saturated rings. The van der Waals surface area contributed by atoms with Crippen molar-refractivity contribution < 1.29 is 18.1 Å². The molecule has 1 unspecified atom stereocenters. The number of nitriles is 1. The second-order valence-corrected chi connectivity index (χ2v) is 6.17. The zero-order chi connectivity index (χ0) is 20.1. The molecule has 0 aliphatic rings. The van der Waals surface area contributed by atoms with Gasteiger partial charge in [-0.15, -0.1) is 0 Å². The van der Waals surface area contributed by atoms with E-state index >= 15 is 0 Å². The van der Waals surface area contributed by atoms with Crippen LogP contribution >= 0.6 is 0 Å². The first-order valence-electron chi connectivity index (χ1n) is 8.50. The van der Waals surface area contributed by atoms with Gasteiger partial charge in [-0.2, -0.15) is 10.2 Å². The fraction of sp³-hybridized carbons (Fsp3) is 0.200. The molecule has 0 saturated carbocycles. The highest BCUT2D eigenvalue weighted by atomic mass is 19.1. The third-order valence-electron chi connectivity index (χ3n) is 4.05. The van der Waals surface area contributed by atoms with E-state index in [1.807, 2.05) is 31.2 Å². The van der Waals surface area contributed by atoms with E-state index in [2.05, 4.69) is 15.5 Å². The maximum Gasteiger partial charge on any atom is 0.227 e. The predicted octanol–water partition coefficient (Wildman–Crippen LogP) is 3.64. The maximum atomic E-state index is 13.8. The summed E-state index contributed by atoms with van der Waals surface area (Å²) < 4.78 is 31.9. The van der Waals surface area contributed by atoms with E-state index in [1.165, 1.54) is 0 Å². The molecule has 3 aromatic rings. The molecule has 0 radical (unpaired) electrons. The molecule has 0 spiro atoms. The number of carbonyl (C=O) groups excluding carboxylic acids is 1. The first-order valence-corrected chi connectivity index (χ1v) is 8.50. The number of hydrogen-bond acceptors (Lipinski definition) is 5. The van der Waals surface area contributed by atoms with Crippen LogP contribution in [0.15, 0.2) is 47.0 Å². The summed E-state index contributed by atoms with van der Waals surface area (Å²) in [5.74, 6) is -1.47. The third-order valence-corrected chi connectivity index (χ3v) is 4.05. The van der Waals surface area contributed by atoms with Gasteiger partial charge in [0, 0.05) is 30.0 Å². The first kappa shape index (κ1) is 19.2.